The minimum Gasteiger partial charge on any atom is -0.489 e. The topological polar surface area (TPSA) is 32.8 Å². The van der Waals surface area contributed by atoms with E-state index >= 15 is 0 Å². The molecule has 1 aliphatic rings. The molecule has 0 aromatic heterocycles. The van der Waals surface area contributed by atoms with Gasteiger partial charge in [0.25, 0.3) is 0 Å². The average molecular weight is 491 g/mol. The SMILES string of the molecule is O=C(/C=C/c1ccc(OCc2ccc(Br)cc2)cc1)N1CCN(Cc2ccccc2)CC1. The van der Waals surface area contributed by atoms with Crippen molar-refractivity contribution in [3.63, 3.8) is 0 Å². The first-order valence-corrected chi connectivity index (χ1v) is 11.7. The number of ether oxygens (including phenoxy) is 1. The number of piperazine rings is 1. The van der Waals surface area contributed by atoms with Crippen LogP contribution in [-0.4, -0.2) is 41.9 Å². The number of nitrogens with zero attached hydrogens (tertiary/aromatic N) is 2. The summed E-state index contributed by atoms with van der Waals surface area (Å²) in [4.78, 5) is 16.9. The molecule has 0 spiro atoms. The normalized spacial score (nSPS) is 14.6. The monoisotopic (exact) mass is 490 g/mol. The fourth-order valence-corrected chi connectivity index (χ4v) is 3.93. The molecule has 1 fully saturated rings. The Hall–Kier alpha value is -2.89. The number of amides is 1. The van der Waals surface area contributed by atoms with Crippen LogP contribution in [0.2, 0.25) is 0 Å². The number of halogens is 1. The highest BCUT2D eigenvalue weighted by Gasteiger charge is 2.19. The Balaban J connectivity index is 1.22. The van der Waals surface area contributed by atoms with Gasteiger partial charge in [-0.2, -0.15) is 0 Å². The molecule has 3 aromatic rings. The van der Waals surface area contributed by atoms with Gasteiger partial charge in [-0.15, -0.1) is 0 Å². The summed E-state index contributed by atoms with van der Waals surface area (Å²) in [6.07, 6.45) is 3.54. The Bertz CT molecular complexity index is 1030. The van der Waals surface area contributed by atoms with Crippen LogP contribution in [0.1, 0.15) is 16.7 Å². The number of rotatable bonds is 7. The smallest absolute Gasteiger partial charge is 0.246 e. The summed E-state index contributed by atoms with van der Waals surface area (Å²) in [5, 5.41) is 0. The van der Waals surface area contributed by atoms with Gasteiger partial charge in [0.1, 0.15) is 12.4 Å². The Kier molecular flexibility index (Phi) is 7.75. The van der Waals surface area contributed by atoms with Crippen LogP contribution in [-0.2, 0) is 17.9 Å². The molecule has 1 aliphatic heterocycles. The van der Waals surface area contributed by atoms with Crippen LogP contribution in [0, 0.1) is 0 Å². The molecule has 0 atom stereocenters. The van der Waals surface area contributed by atoms with Gasteiger partial charge >= 0.3 is 0 Å². The predicted octanol–water partition coefficient (Wildman–Crippen LogP) is 5.39. The van der Waals surface area contributed by atoms with Crippen molar-refractivity contribution in [1.29, 1.82) is 0 Å². The second kappa shape index (κ2) is 11.1. The number of carbonyl (C=O) groups excluding carboxylic acids is 1. The fourth-order valence-electron chi connectivity index (χ4n) is 3.66. The quantitative estimate of drug-likeness (QED) is 0.416. The largest absolute Gasteiger partial charge is 0.489 e. The Labute approximate surface area is 198 Å². The zero-order valence-corrected chi connectivity index (χ0v) is 19.6. The van der Waals surface area contributed by atoms with Crippen molar-refractivity contribution >= 4 is 27.9 Å². The second-order valence-electron chi connectivity index (χ2n) is 7.90. The van der Waals surface area contributed by atoms with E-state index in [0.29, 0.717) is 6.61 Å². The lowest BCUT2D eigenvalue weighted by molar-refractivity contribution is -0.127. The van der Waals surface area contributed by atoms with Gasteiger partial charge in [0.05, 0.1) is 0 Å². The summed E-state index contributed by atoms with van der Waals surface area (Å²) in [6.45, 7) is 4.79. The van der Waals surface area contributed by atoms with Crippen LogP contribution in [0.15, 0.2) is 89.4 Å². The first-order chi connectivity index (χ1) is 15.7. The molecule has 5 heteroatoms. The van der Waals surface area contributed by atoms with Crippen LogP contribution in [0.5, 0.6) is 5.75 Å². The Morgan fingerprint density at radius 3 is 2.22 bits per heavy atom. The molecule has 1 heterocycles. The van der Waals surface area contributed by atoms with Crippen molar-refractivity contribution in [3.05, 3.63) is 106 Å². The van der Waals surface area contributed by atoms with E-state index < -0.39 is 0 Å². The maximum atomic E-state index is 12.6. The van der Waals surface area contributed by atoms with Crippen LogP contribution in [0.3, 0.4) is 0 Å². The summed E-state index contributed by atoms with van der Waals surface area (Å²) >= 11 is 3.44. The Morgan fingerprint density at radius 1 is 0.844 bits per heavy atom. The summed E-state index contributed by atoms with van der Waals surface area (Å²) in [5.74, 6) is 0.880. The van der Waals surface area contributed by atoms with Crippen LogP contribution >= 0.6 is 15.9 Å². The molecule has 1 saturated heterocycles. The molecule has 164 valence electrons. The van der Waals surface area contributed by atoms with E-state index in [4.69, 9.17) is 4.74 Å². The molecule has 0 saturated carbocycles. The second-order valence-corrected chi connectivity index (χ2v) is 8.82. The minimum atomic E-state index is 0.0694. The summed E-state index contributed by atoms with van der Waals surface area (Å²) in [7, 11) is 0. The molecular formula is C27H27BrN2O2. The summed E-state index contributed by atoms with van der Waals surface area (Å²) in [5.41, 5.74) is 3.42. The molecule has 0 radical (unpaired) electrons. The number of hydrogen-bond donors (Lipinski definition) is 0. The van der Waals surface area contributed by atoms with E-state index in [9.17, 15) is 4.79 Å². The number of carbonyl (C=O) groups is 1. The highest BCUT2D eigenvalue weighted by Crippen LogP contribution is 2.17. The van der Waals surface area contributed by atoms with E-state index in [0.717, 1.165) is 54.1 Å². The first-order valence-electron chi connectivity index (χ1n) is 10.9. The molecule has 0 N–H and O–H groups in total. The van der Waals surface area contributed by atoms with Gasteiger partial charge in [0.2, 0.25) is 5.91 Å². The van der Waals surface area contributed by atoms with Gasteiger partial charge in [0, 0.05) is 43.3 Å². The molecule has 0 unspecified atom stereocenters. The predicted molar refractivity (Wildman–Crippen MR) is 132 cm³/mol. The van der Waals surface area contributed by atoms with Crippen molar-refractivity contribution < 1.29 is 9.53 Å². The van der Waals surface area contributed by atoms with Gasteiger partial charge in [-0.05, 0) is 47.0 Å². The van der Waals surface area contributed by atoms with Crippen LogP contribution in [0.25, 0.3) is 6.08 Å². The van der Waals surface area contributed by atoms with Gasteiger partial charge in [-0.1, -0.05) is 70.5 Å². The molecule has 0 bridgehead atoms. The lowest BCUT2D eigenvalue weighted by Crippen LogP contribution is -2.47. The zero-order valence-electron chi connectivity index (χ0n) is 18.0. The van der Waals surface area contributed by atoms with Crippen molar-refractivity contribution in [2.45, 2.75) is 13.2 Å². The summed E-state index contributed by atoms with van der Waals surface area (Å²) in [6, 6.07) is 26.4. The highest BCUT2D eigenvalue weighted by atomic mass is 79.9. The molecule has 32 heavy (non-hydrogen) atoms. The number of benzene rings is 3. The van der Waals surface area contributed by atoms with Crippen molar-refractivity contribution in [3.8, 4) is 5.75 Å². The standard InChI is InChI=1S/C27H27BrN2O2/c28-25-11-6-24(7-12-25)21-32-26-13-8-22(9-14-26)10-15-27(31)30-18-16-29(17-19-30)20-23-4-2-1-3-5-23/h1-15H,16-21H2/b15-10+. The third-order valence-electron chi connectivity index (χ3n) is 5.55. The fraction of sp³-hybridized carbons (Fsp3) is 0.222. The highest BCUT2D eigenvalue weighted by molar-refractivity contribution is 9.10. The summed E-state index contributed by atoms with van der Waals surface area (Å²) < 4.78 is 6.90. The minimum absolute atomic E-state index is 0.0694. The molecule has 3 aromatic carbocycles. The van der Waals surface area contributed by atoms with E-state index in [-0.39, 0.29) is 5.91 Å². The zero-order chi connectivity index (χ0) is 22.2. The maximum Gasteiger partial charge on any atom is 0.246 e. The first kappa shape index (κ1) is 22.3. The van der Waals surface area contributed by atoms with Crippen LogP contribution in [0.4, 0.5) is 0 Å². The average Bonchev–Trinajstić information content (AvgIpc) is 2.84. The van der Waals surface area contributed by atoms with Crippen molar-refractivity contribution in [2.75, 3.05) is 26.2 Å². The third-order valence-corrected chi connectivity index (χ3v) is 6.08. The molecule has 0 aliphatic carbocycles. The molecule has 1 amide bonds. The third kappa shape index (κ3) is 6.55. The molecule has 4 nitrogen and oxygen atoms in total. The van der Waals surface area contributed by atoms with E-state index in [1.807, 2.05) is 65.6 Å². The van der Waals surface area contributed by atoms with Crippen LogP contribution < -0.4 is 4.74 Å². The molecule has 4 rings (SSSR count). The lowest BCUT2D eigenvalue weighted by atomic mass is 10.2. The van der Waals surface area contributed by atoms with Gasteiger partial charge < -0.3 is 9.64 Å². The maximum absolute atomic E-state index is 12.6. The van der Waals surface area contributed by atoms with Gasteiger partial charge in [-0.25, -0.2) is 0 Å². The van der Waals surface area contributed by atoms with Gasteiger partial charge in [-0.3, -0.25) is 9.69 Å². The van der Waals surface area contributed by atoms with E-state index in [1.165, 1.54) is 5.56 Å². The van der Waals surface area contributed by atoms with E-state index in [1.54, 1.807) is 6.08 Å². The van der Waals surface area contributed by atoms with E-state index in [2.05, 4.69) is 45.1 Å². The Morgan fingerprint density at radius 2 is 1.53 bits per heavy atom. The molecular weight excluding hydrogens is 464 g/mol. The lowest BCUT2D eigenvalue weighted by Gasteiger charge is -2.34. The number of hydrogen-bond acceptors (Lipinski definition) is 3. The van der Waals surface area contributed by atoms with Crippen molar-refractivity contribution in [1.82, 2.24) is 9.80 Å². The van der Waals surface area contributed by atoms with Crippen molar-refractivity contribution in [2.24, 2.45) is 0 Å². The van der Waals surface area contributed by atoms with Gasteiger partial charge in [0.15, 0.2) is 0 Å².